The highest BCUT2D eigenvalue weighted by atomic mass is 16.5. The molecule has 0 fully saturated rings. The van der Waals surface area contributed by atoms with E-state index in [1.807, 2.05) is 59.5 Å². The number of ether oxygens (including phenoxy) is 2. The van der Waals surface area contributed by atoms with Crippen LogP contribution in [0.25, 0.3) is 11.1 Å². The lowest BCUT2D eigenvalue weighted by Crippen LogP contribution is -2.10. The van der Waals surface area contributed by atoms with Crippen molar-refractivity contribution in [3.63, 3.8) is 0 Å². The zero-order chi connectivity index (χ0) is 24.6. The largest absolute Gasteiger partial charge is 0.423 e. The van der Waals surface area contributed by atoms with Crippen LogP contribution in [-0.2, 0) is 9.59 Å². The van der Waals surface area contributed by atoms with Gasteiger partial charge in [0.1, 0.15) is 11.5 Å². The first-order chi connectivity index (χ1) is 17.1. The van der Waals surface area contributed by atoms with Gasteiger partial charge in [-0.15, -0.1) is 0 Å². The van der Waals surface area contributed by atoms with Gasteiger partial charge in [0.05, 0.1) is 0 Å². The highest BCUT2D eigenvalue weighted by Crippen LogP contribution is 2.37. The molecule has 0 bridgehead atoms. The van der Waals surface area contributed by atoms with Gasteiger partial charge in [0.2, 0.25) is 0 Å². The van der Waals surface area contributed by atoms with E-state index in [1.54, 1.807) is 24.3 Å². The van der Waals surface area contributed by atoms with Gasteiger partial charge in [-0.25, -0.2) is 9.59 Å². The van der Waals surface area contributed by atoms with Crippen molar-refractivity contribution in [1.82, 2.24) is 0 Å². The number of carbonyl (C=O) groups is 2. The van der Waals surface area contributed by atoms with Gasteiger partial charge < -0.3 is 14.4 Å². The van der Waals surface area contributed by atoms with Crippen molar-refractivity contribution in [1.29, 1.82) is 0 Å². The third-order valence-electron chi connectivity index (χ3n) is 5.19. The number of rotatable bonds is 8. The molecule has 0 spiro atoms. The lowest BCUT2D eigenvalue weighted by atomic mass is 10.0. The van der Waals surface area contributed by atoms with Crippen molar-refractivity contribution in [2.24, 2.45) is 0 Å². The van der Waals surface area contributed by atoms with E-state index in [9.17, 15) is 9.59 Å². The fraction of sp³-hybridized carbons (Fsp3) is 0. The van der Waals surface area contributed by atoms with E-state index < -0.39 is 11.9 Å². The van der Waals surface area contributed by atoms with Crippen LogP contribution in [-0.4, -0.2) is 11.9 Å². The Kier molecular flexibility index (Phi) is 7.19. The van der Waals surface area contributed by atoms with Crippen LogP contribution < -0.4 is 14.4 Å². The second-order valence-corrected chi connectivity index (χ2v) is 7.49. The van der Waals surface area contributed by atoms with Crippen molar-refractivity contribution in [3.05, 3.63) is 128 Å². The Morgan fingerprint density at radius 2 is 0.914 bits per heavy atom. The summed E-state index contributed by atoms with van der Waals surface area (Å²) < 4.78 is 10.4. The van der Waals surface area contributed by atoms with Crippen LogP contribution in [0.3, 0.4) is 0 Å². The molecule has 0 aliphatic heterocycles. The van der Waals surface area contributed by atoms with Crippen molar-refractivity contribution < 1.29 is 19.1 Å². The second-order valence-electron chi connectivity index (χ2n) is 7.49. The van der Waals surface area contributed by atoms with Crippen LogP contribution in [0.1, 0.15) is 0 Å². The Bertz CT molecular complexity index is 1260. The summed E-state index contributed by atoms with van der Waals surface area (Å²) in [5.41, 5.74) is 4.87. The predicted molar refractivity (Wildman–Crippen MR) is 138 cm³/mol. The molecule has 0 saturated carbocycles. The van der Waals surface area contributed by atoms with Gasteiger partial charge in [0, 0.05) is 29.2 Å². The first-order valence-electron chi connectivity index (χ1n) is 10.9. The molecule has 0 aliphatic carbocycles. The minimum atomic E-state index is -0.518. The number of nitrogens with zero attached hydrogens (tertiary/aromatic N) is 1. The molecule has 0 saturated heterocycles. The van der Waals surface area contributed by atoms with Crippen LogP contribution in [0, 0.1) is 0 Å². The van der Waals surface area contributed by atoms with Crippen molar-refractivity contribution >= 4 is 29.0 Å². The molecule has 0 aromatic heterocycles. The fourth-order valence-electron chi connectivity index (χ4n) is 3.52. The van der Waals surface area contributed by atoms with Gasteiger partial charge in [-0.1, -0.05) is 55.6 Å². The van der Waals surface area contributed by atoms with Gasteiger partial charge >= 0.3 is 11.9 Å². The van der Waals surface area contributed by atoms with Crippen molar-refractivity contribution in [3.8, 4) is 22.6 Å². The Morgan fingerprint density at radius 3 is 1.31 bits per heavy atom. The third-order valence-corrected chi connectivity index (χ3v) is 5.19. The van der Waals surface area contributed by atoms with E-state index in [2.05, 4.69) is 37.4 Å². The summed E-state index contributed by atoms with van der Waals surface area (Å²) in [6.45, 7) is 6.84. The molecular weight excluding hydrogens is 438 g/mol. The monoisotopic (exact) mass is 461 g/mol. The first kappa shape index (κ1) is 23.3. The molecule has 35 heavy (non-hydrogen) atoms. The van der Waals surface area contributed by atoms with E-state index >= 15 is 0 Å². The number of hydrogen-bond donors (Lipinski definition) is 0. The average molecular weight is 462 g/mol. The maximum absolute atomic E-state index is 11.5. The van der Waals surface area contributed by atoms with Gasteiger partial charge in [-0.3, -0.25) is 0 Å². The molecule has 4 aromatic carbocycles. The van der Waals surface area contributed by atoms with Gasteiger partial charge in [-0.05, 0) is 71.8 Å². The molecule has 0 amide bonds. The van der Waals surface area contributed by atoms with Crippen molar-refractivity contribution in [2.45, 2.75) is 0 Å². The van der Waals surface area contributed by atoms with Gasteiger partial charge in [0.15, 0.2) is 0 Å². The first-order valence-corrected chi connectivity index (χ1v) is 10.9. The number of carbonyl (C=O) groups excluding carboxylic acids is 2. The molecule has 4 aromatic rings. The summed E-state index contributed by atoms with van der Waals surface area (Å²) >= 11 is 0. The highest BCUT2D eigenvalue weighted by Gasteiger charge is 2.14. The Balaban J connectivity index is 1.69. The summed E-state index contributed by atoms with van der Waals surface area (Å²) in [4.78, 5) is 25.1. The van der Waals surface area contributed by atoms with E-state index in [0.29, 0.717) is 11.5 Å². The molecule has 0 N–H and O–H groups in total. The number of hydrogen-bond acceptors (Lipinski definition) is 5. The van der Waals surface area contributed by atoms with Gasteiger partial charge in [-0.2, -0.15) is 0 Å². The number of benzene rings is 4. The SMILES string of the molecule is C=CC(=O)Oc1ccc(N(c2ccc(OC(=O)C=C)cc2)c2ccc(-c3ccccc3)cc2)cc1. The normalized spacial score (nSPS) is 10.2. The molecule has 0 unspecified atom stereocenters. The van der Waals surface area contributed by atoms with Gasteiger partial charge in [0.25, 0.3) is 0 Å². The number of esters is 2. The highest BCUT2D eigenvalue weighted by molar-refractivity contribution is 5.84. The summed E-state index contributed by atoms with van der Waals surface area (Å²) in [5, 5.41) is 0. The molecule has 0 radical (unpaired) electrons. The van der Waals surface area contributed by atoms with Crippen LogP contribution in [0.4, 0.5) is 17.1 Å². The van der Waals surface area contributed by atoms with Crippen molar-refractivity contribution in [2.75, 3.05) is 4.90 Å². The topological polar surface area (TPSA) is 55.8 Å². The van der Waals surface area contributed by atoms with E-state index in [4.69, 9.17) is 9.47 Å². The quantitative estimate of drug-likeness (QED) is 0.161. The van der Waals surface area contributed by atoms with Crippen LogP contribution in [0.5, 0.6) is 11.5 Å². The third kappa shape index (κ3) is 5.72. The average Bonchev–Trinajstić information content (AvgIpc) is 2.91. The molecule has 0 atom stereocenters. The summed E-state index contributed by atoms with van der Waals surface area (Å²) in [5.74, 6) is -0.194. The Hall–Kier alpha value is -4.90. The molecule has 0 heterocycles. The lowest BCUT2D eigenvalue weighted by molar-refractivity contribution is -0.129. The molecule has 0 aliphatic rings. The predicted octanol–water partition coefficient (Wildman–Crippen LogP) is 7.01. The van der Waals surface area contributed by atoms with Crippen LogP contribution in [0.2, 0.25) is 0 Å². The van der Waals surface area contributed by atoms with E-state index in [1.165, 1.54) is 0 Å². The van der Waals surface area contributed by atoms with Crippen LogP contribution in [0.15, 0.2) is 128 Å². The standard InChI is InChI=1S/C30H23NO4/c1-3-29(32)34-27-18-14-25(15-19-27)31(26-16-20-28(21-17-26)35-30(33)4-2)24-12-10-23(11-13-24)22-8-6-5-7-9-22/h3-21H,1-2H2. The van der Waals surface area contributed by atoms with E-state index in [0.717, 1.165) is 40.3 Å². The zero-order valence-electron chi connectivity index (χ0n) is 19.0. The van der Waals surface area contributed by atoms with E-state index in [-0.39, 0.29) is 0 Å². The minimum Gasteiger partial charge on any atom is -0.423 e. The maximum Gasteiger partial charge on any atom is 0.335 e. The Labute approximate surface area is 204 Å². The lowest BCUT2D eigenvalue weighted by Gasteiger charge is -2.26. The molecule has 5 nitrogen and oxygen atoms in total. The second kappa shape index (κ2) is 10.8. The molecule has 5 heteroatoms. The van der Waals surface area contributed by atoms with Crippen LogP contribution >= 0.6 is 0 Å². The summed E-state index contributed by atoms with van der Waals surface area (Å²) in [6.07, 6.45) is 2.24. The minimum absolute atomic E-state index is 0.421. The molecule has 172 valence electrons. The molecule has 4 rings (SSSR count). The maximum atomic E-state index is 11.5. The Morgan fingerprint density at radius 1 is 0.543 bits per heavy atom. The summed E-state index contributed by atoms with van der Waals surface area (Å²) in [7, 11) is 0. The summed E-state index contributed by atoms with van der Waals surface area (Å²) in [6, 6.07) is 32.7. The fourth-order valence-corrected chi connectivity index (χ4v) is 3.52. The smallest absolute Gasteiger partial charge is 0.335 e. The molecular formula is C30H23NO4. The number of anilines is 3. The zero-order valence-corrected chi connectivity index (χ0v) is 19.0.